The first-order chi connectivity index (χ1) is 11.7. The van der Waals surface area contributed by atoms with Gasteiger partial charge in [0.25, 0.3) is 5.91 Å². The first kappa shape index (κ1) is 17.2. The number of hydrogen-bond donors (Lipinski definition) is 2. The third-order valence-corrected chi connectivity index (χ3v) is 6.49. The van der Waals surface area contributed by atoms with Crippen molar-refractivity contribution >= 4 is 17.5 Å². The van der Waals surface area contributed by atoms with E-state index in [1.165, 1.54) is 0 Å². The maximum Gasteiger partial charge on any atom is 0.263 e. The average Bonchev–Trinajstić information content (AvgIpc) is 2.48. The number of carbonyl (C=O) groups is 1. The molecule has 0 saturated heterocycles. The van der Waals surface area contributed by atoms with Gasteiger partial charge in [-0.3, -0.25) is 4.79 Å². The maximum atomic E-state index is 12.9. The van der Waals surface area contributed by atoms with Crippen molar-refractivity contribution in [2.45, 2.75) is 63.2 Å². The van der Waals surface area contributed by atoms with Crippen molar-refractivity contribution in [1.82, 2.24) is 5.32 Å². The third kappa shape index (κ3) is 3.26. The standard InChI is InChI=1S/C20H26ClNO3/c1-19(2,25-16-5-3-4-15(21)8-16)18(23)22-17-13-6-12-7-14(17)11-20(24,9-12)10-13/h3-5,8,12-14,17,24H,6-7,9-11H2,1-2H3,(H,22,23)/t12?,13-,14+,17+,20+. The van der Waals surface area contributed by atoms with Crippen LogP contribution in [0.1, 0.15) is 46.0 Å². The Morgan fingerprint density at radius 2 is 1.96 bits per heavy atom. The van der Waals surface area contributed by atoms with Gasteiger partial charge in [0.1, 0.15) is 5.75 Å². The fraction of sp³-hybridized carbons (Fsp3) is 0.650. The summed E-state index contributed by atoms with van der Waals surface area (Å²) in [5.74, 6) is 1.90. The van der Waals surface area contributed by atoms with E-state index in [1.807, 2.05) is 6.07 Å². The molecule has 0 spiro atoms. The van der Waals surface area contributed by atoms with Gasteiger partial charge in [-0.25, -0.2) is 0 Å². The van der Waals surface area contributed by atoms with E-state index in [1.54, 1.807) is 32.0 Å². The van der Waals surface area contributed by atoms with Gasteiger partial charge in [-0.15, -0.1) is 0 Å². The molecule has 4 saturated carbocycles. The molecule has 5 atom stereocenters. The van der Waals surface area contributed by atoms with Crippen LogP contribution in [0.25, 0.3) is 0 Å². The van der Waals surface area contributed by atoms with Crippen molar-refractivity contribution in [1.29, 1.82) is 0 Å². The van der Waals surface area contributed by atoms with Gasteiger partial charge in [0.05, 0.1) is 5.60 Å². The van der Waals surface area contributed by atoms with Crippen molar-refractivity contribution in [2.24, 2.45) is 17.8 Å². The highest BCUT2D eigenvalue weighted by atomic mass is 35.5. The summed E-state index contributed by atoms with van der Waals surface area (Å²) in [6.45, 7) is 3.57. The van der Waals surface area contributed by atoms with Crippen LogP contribution in [0.4, 0.5) is 0 Å². The largest absolute Gasteiger partial charge is 0.478 e. The Morgan fingerprint density at radius 1 is 1.28 bits per heavy atom. The van der Waals surface area contributed by atoms with E-state index in [-0.39, 0.29) is 11.9 Å². The molecule has 0 aliphatic heterocycles. The fourth-order valence-corrected chi connectivity index (χ4v) is 5.59. The second-order valence-electron chi connectivity index (χ2n) is 8.76. The lowest BCUT2D eigenvalue weighted by atomic mass is 9.52. The van der Waals surface area contributed by atoms with Gasteiger partial charge >= 0.3 is 0 Å². The number of hydrogen-bond acceptors (Lipinski definition) is 3. The van der Waals surface area contributed by atoms with Crippen molar-refractivity contribution in [3.05, 3.63) is 29.3 Å². The van der Waals surface area contributed by atoms with Crippen LogP contribution in [0.2, 0.25) is 5.02 Å². The maximum absolute atomic E-state index is 12.9. The van der Waals surface area contributed by atoms with Crippen molar-refractivity contribution in [2.75, 3.05) is 0 Å². The zero-order valence-corrected chi connectivity index (χ0v) is 15.6. The van der Waals surface area contributed by atoms with Gasteiger partial charge in [0.15, 0.2) is 5.60 Å². The Balaban J connectivity index is 1.44. The summed E-state index contributed by atoms with van der Waals surface area (Å²) in [6, 6.07) is 7.27. The predicted molar refractivity (Wildman–Crippen MR) is 96.6 cm³/mol. The molecule has 4 nitrogen and oxygen atoms in total. The molecule has 25 heavy (non-hydrogen) atoms. The van der Waals surface area contributed by atoms with Crippen LogP contribution in [-0.2, 0) is 4.79 Å². The van der Waals surface area contributed by atoms with Crippen molar-refractivity contribution < 1.29 is 14.6 Å². The van der Waals surface area contributed by atoms with Gasteiger partial charge in [-0.05, 0) is 81.9 Å². The molecule has 4 aliphatic rings. The van der Waals surface area contributed by atoms with Crippen molar-refractivity contribution in [3.63, 3.8) is 0 Å². The number of halogens is 1. The number of ether oxygens (including phenoxy) is 1. The molecule has 0 aromatic heterocycles. The zero-order valence-electron chi connectivity index (χ0n) is 14.8. The van der Waals surface area contributed by atoms with Crippen LogP contribution in [-0.4, -0.2) is 28.3 Å². The molecule has 0 heterocycles. The SMILES string of the molecule is CC(C)(Oc1cccc(Cl)c1)C(=O)N[C@H]1[C@@H]2CC3C[C@H]1C[C@](O)(C3)C2. The molecule has 5 rings (SSSR count). The summed E-state index contributed by atoms with van der Waals surface area (Å²) in [7, 11) is 0. The quantitative estimate of drug-likeness (QED) is 0.860. The van der Waals surface area contributed by atoms with Crippen LogP contribution in [0.3, 0.4) is 0 Å². The summed E-state index contributed by atoms with van der Waals surface area (Å²) in [5.41, 5.74) is -1.46. The molecular weight excluding hydrogens is 338 g/mol. The number of nitrogens with one attached hydrogen (secondary N) is 1. The van der Waals surface area contributed by atoms with Crippen LogP contribution >= 0.6 is 11.6 Å². The van der Waals surface area contributed by atoms with E-state index < -0.39 is 11.2 Å². The minimum atomic E-state index is -0.976. The summed E-state index contributed by atoms with van der Waals surface area (Å²) >= 11 is 6.00. The fourth-order valence-electron chi connectivity index (χ4n) is 5.41. The topological polar surface area (TPSA) is 58.6 Å². The summed E-state index contributed by atoms with van der Waals surface area (Å²) in [4.78, 5) is 12.9. The van der Waals surface area contributed by atoms with Crippen LogP contribution in [0.15, 0.2) is 24.3 Å². The summed E-state index contributed by atoms with van der Waals surface area (Å²) in [5, 5.41) is 14.5. The van der Waals surface area contributed by atoms with Gasteiger partial charge in [-0.1, -0.05) is 17.7 Å². The highest BCUT2D eigenvalue weighted by molar-refractivity contribution is 6.30. The van der Waals surface area contributed by atoms with E-state index in [0.29, 0.717) is 28.5 Å². The molecule has 2 N–H and O–H groups in total. The predicted octanol–water partition coefficient (Wildman–Crippen LogP) is 3.55. The molecule has 4 fully saturated rings. The monoisotopic (exact) mass is 363 g/mol. The Hall–Kier alpha value is -1.26. The molecule has 4 aliphatic carbocycles. The molecule has 4 bridgehead atoms. The minimum absolute atomic E-state index is 0.100. The van der Waals surface area contributed by atoms with E-state index in [4.69, 9.17) is 16.3 Å². The summed E-state index contributed by atoms with van der Waals surface area (Å²) < 4.78 is 5.91. The van der Waals surface area contributed by atoms with Crippen molar-refractivity contribution in [3.8, 4) is 5.75 Å². The molecule has 136 valence electrons. The molecule has 0 radical (unpaired) electrons. The molecule has 1 unspecified atom stereocenters. The lowest BCUT2D eigenvalue weighted by Crippen LogP contribution is -2.63. The highest BCUT2D eigenvalue weighted by Gasteiger charge is 2.55. The van der Waals surface area contributed by atoms with Gasteiger partial charge in [0.2, 0.25) is 0 Å². The Morgan fingerprint density at radius 3 is 2.56 bits per heavy atom. The van der Waals surface area contributed by atoms with Crippen LogP contribution < -0.4 is 10.1 Å². The Bertz CT molecular complexity index is 673. The number of rotatable bonds is 4. The number of aliphatic hydroxyl groups is 1. The molecular formula is C20H26ClNO3. The lowest BCUT2D eigenvalue weighted by molar-refractivity contribution is -0.152. The number of carbonyl (C=O) groups excluding carboxylic acids is 1. The van der Waals surface area contributed by atoms with E-state index in [0.717, 1.165) is 32.1 Å². The van der Waals surface area contributed by atoms with Gasteiger partial charge < -0.3 is 15.2 Å². The Kier molecular flexibility index (Phi) is 4.04. The normalized spacial score (nSPS) is 36.3. The average molecular weight is 364 g/mol. The highest BCUT2D eigenvalue weighted by Crippen LogP contribution is 2.55. The van der Waals surface area contributed by atoms with Crippen LogP contribution in [0, 0.1) is 17.8 Å². The minimum Gasteiger partial charge on any atom is -0.478 e. The summed E-state index contributed by atoms with van der Waals surface area (Å²) in [6.07, 6.45) is 4.84. The van der Waals surface area contributed by atoms with E-state index in [2.05, 4.69) is 5.32 Å². The first-order valence-corrected chi connectivity index (χ1v) is 9.60. The molecule has 5 heteroatoms. The first-order valence-electron chi connectivity index (χ1n) is 9.22. The molecule has 1 amide bonds. The van der Waals surface area contributed by atoms with Gasteiger partial charge in [0, 0.05) is 11.1 Å². The zero-order chi connectivity index (χ0) is 17.8. The molecule has 1 aromatic carbocycles. The van der Waals surface area contributed by atoms with Gasteiger partial charge in [-0.2, -0.15) is 0 Å². The smallest absolute Gasteiger partial charge is 0.263 e. The van der Waals surface area contributed by atoms with E-state index >= 15 is 0 Å². The second-order valence-corrected chi connectivity index (χ2v) is 9.20. The molecule has 1 aromatic rings. The Labute approximate surface area is 153 Å². The number of amides is 1. The number of benzene rings is 1. The van der Waals surface area contributed by atoms with E-state index in [9.17, 15) is 9.90 Å². The third-order valence-electron chi connectivity index (χ3n) is 6.25. The second kappa shape index (κ2) is 5.88. The van der Waals surface area contributed by atoms with Crippen LogP contribution in [0.5, 0.6) is 5.75 Å². The lowest BCUT2D eigenvalue weighted by Gasteiger charge is -2.58.